The van der Waals surface area contributed by atoms with Crippen LogP contribution < -0.4 is 10.1 Å². The monoisotopic (exact) mass is 341 g/mol. The first-order chi connectivity index (χ1) is 9.10. The van der Waals surface area contributed by atoms with Crippen LogP contribution in [-0.4, -0.2) is 17.6 Å². The van der Waals surface area contributed by atoms with Crippen LogP contribution in [0.3, 0.4) is 0 Å². The molecule has 1 unspecified atom stereocenters. The average Bonchev–Trinajstić information content (AvgIpc) is 2.28. The van der Waals surface area contributed by atoms with Gasteiger partial charge in [0, 0.05) is 10.0 Å². The summed E-state index contributed by atoms with van der Waals surface area (Å²) in [7, 11) is 0. The fraction of sp³-hybridized carbons (Fsp3) is 0.562. The molecule has 3 nitrogen and oxygen atoms in total. The normalized spacial score (nSPS) is 13.2. The molecule has 1 rings (SSSR count). The standard InChI is InChI=1S/C16H24BrNO2/c1-10(2)13-9-12(17)7-8-14(13)20-11(3)15(19)18-16(4,5)6/h7-11H,1-6H3,(H,18,19). The first kappa shape index (κ1) is 17.0. The van der Waals surface area contributed by atoms with E-state index in [0.29, 0.717) is 5.92 Å². The molecule has 1 N–H and O–H groups in total. The van der Waals surface area contributed by atoms with Gasteiger partial charge in [-0.15, -0.1) is 0 Å². The maximum absolute atomic E-state index is 12.1. The van der Waals surface area contributed by atoms with Crippen molar-refractivity contribution >= 4 is 21.8 Å². The maximum Gasteiger partial charge on any atom is 0.261 e. The lowest BCUT2D eigenvalue weighted by Crippen LogP contribution is -2.46. The molecule has 0 fully saturated rings. The highest BCUT2D eigenvalue weighted by Gasteiger charge is 2.21. The Labute approximate surface area is 130 Å². The number of nitrogens with one attached hydrogen (secondary N) is 1. The molecule has 0 saturated carbocycles. The molecule has 112 valence electrons. The van der Waals surface area contributed by atoms with Gasteiger partial charge in [0.1, 0.15) is 5.75 Å². The van der Waals surface area contributed by atoms with Gasteiger partial charge in [-0.25, -0.2) is 0 Å². The average molecular weight is 342 g/mol. The van der Waals surface area contributed by atoms with Gasteiger partial charge in [0.05, 0.1) is 0 Å². The van der Waals surface area contributed by atoms with Gasteiger partial charge in [0.25, 0.3) is 5.91 Å². The third kappa shape index (κ3) is 5.16. The van der Waals surface area contributed by atoms with Crippen LogP contribution in [0.25, 0.3) is 0 Å². The summed E-state index contributed by atoms with van der Waals surface area (Å²) in [5, 5.41) is 2.93. The van der Waals surface area contributed by atoms with Crippen LogP contribution in [-0.2, 0) is 4.79 Å². The van der Waals surface area contributed by atoms with Crippen LogP contribution in [0.1, 0.15) is 53.0 Å². The summed E-state index contributed by atoms with van der Waals surface area (Å²) in [6.07, 6.45) is -0.520. The topological polar surface area (TPSA) is 38.3 Å². The number of carbonyl (C=O) groups excluding carboxylic acids is 1. The van der Waals surface area contributed by atoms with Crippen molar-refractivity contribution in [3.8, 4) is 5.75 Å². The Morgan fingerprint density at radius 2 is 1.85 bits per heavy atom. The molecule has 0 saturated heterocycles. The fourth-order valence-corrected chi connectivity index (χ4v) is 2.17. The quantitative estimate of drug-likeness (QED) is 0.888. The summed E-state index contributed by atoms with van der Waals surface area (Å²) in [5.74, 6) is 0.996. The summed E-state index contributed by atoms with van der Waals surface area (Å²) < 4.78 is 6.85. The molecule has 0 aliphatic rings. The lowest BCUT2D eigenvalue weighted by Gasteiger charge is -2.24. The number of halogens is 1. The van der Waals surface area contributed by atoms with E-state index in [0.717, 1.165) is 15.8 Å². The summed E-state index contributed by atoms with van der Waals surface area (Å²) in [6.45, 7) is 11.8. The minimum absolute atomic E-state index is 0.102. The zero-order valence-electron chi connectivity index (χ0n) is 13.1. The predicted molar refractivity (Wildman–Crippen MR) is 86.2 cm³/mol. The SMILES string of the molecule is CC(Oc1ccc(Br)cc1C(C)C)C(=O)NC(C)(C)C. The van der Waals surface area contributed by atoms with E-state index in [1.165, 1.54) is 0 Å². The first-order valence-corrected chi connectivity index (χ1v) is 7.67. The van der Waals surface area contributed by atoms with Gasteiger partial charge >= 0.3 is 0 Å². The Kier molecular flexibility index (Phi) is 5.63. The summed E-state index contributed by atoms with van der Waals surface area (Å²) in [4.78, 5) is 12.1. The van der Waals surface area contributed by atoms with Crippen LogP contribution in [0, 0.1) is 0 Å². The molecule has 4 heteroatoms. The molecule has 1 amide bonds. The van der Waals surface area contributed by atoms with E-state index >= 15 is 0 Å². The second-order valence-corrected chi connectivity index (χ2v) is 7.25. The molecule has 1 atom stereocenters. The minimum Gasteiger partial charge on any atom is -0.481 e. The second kappa shape index (κ2) is 6.61. The summed E-state index contributed by atoms with van der Waals surface area (Å²) in [5.41, 5.74) is 0.838. The Morgan fingerprint density at radius 1 is 1.25 bits per heavy atom. The van der Waals surface area contributed by atoms with Gasteiger partial charge in [-0.2, -0.15) is 0 Å². The Balaban J connectivity index is 2.85. The molecular formula is C16H24BrNO2. The fourth-order valence-electron chi connectivity index (χ4n) is 1.79. The van der Waals surface area contributed by atoms with Gasteiger partial charge in [0.2, 0.25) is 0 Å². The van der Waals surface area contributed by atoms with Gasteiger partial charge in [0.15, 0.2) is 6.10 Å². The highest BCUT2D eigenvalue weighted by atomic mass is 79.9. The number of ether oxygens (including phenoxy) is 1. The highest BCUT2D eigenvalue weighted by Crippen LogP contribution is 2.30. The van der Waals surface area contributed by atoms with Gasteiger partial charge in [-0.05, 0) is 57.4 Å². The Morgan fingerprint density at radius 3 is 2.35 bits per heavy atom. The number of hydrogen-bond acceptors (Lipinski definition) is 2. The zero-order chi connectivity index (χ0) is 15.5. The summed E-state index contributed by atoms with van der Waals surface area (Å²) in [6, 6.07) is 5.87. The number of benzene rings is 1. The molecule has 0 aliphatic heterocycles. The largest absolute Gasteiger partial charge is 0.481 e. The van der Waals surface area contributed by atoms with E-state index in [1.54, 1.807) is 6.92 Å². The molecule has 1 aromatic carbocycles. The van der Waals surface area contributed by atoms with Crippen molar-refractivity contribution in [2.45, 2.75) is 59.1 Å². The van der Waals surface area contributed by atoms with Gasteiger partial charge in [-0.1, -0.05) is 29.8 Å². The van der Waals surface area contributed by atoms with Gasteiger partial charge in [-0.3, -0.25) is 4.79 Å². The van der Waals surface area contributed by atoms with Crippen molar-refractivity contribution < 1.29 is 9.53 Å². The van der Waals surface area contributed by atoms with E-state index in [-0.39, 0.29) is 11.4 Å². The van der Waals surface area contributed by atoms with Crippen LogP contribution in [0.2, 0.25) is 0 Å². The lowest BCUT2D eigenvalue weighted by molar-refractivity contribution is -0.128. The first-order valence-electron chi connectivity index (χ1n) is 6.88. The third-order valence-electron chi connectivity index (χ3n) is 2.77. The van der Waals surface area contributed by atoms with Crippen LogP contribution in [0.5, 0.6) is 5.75 Å². The Bertz CT molecular complexity index is 478. The molecule has 0 bridgehead atoms. The van der Waals surface area contributed by atoms with Crippen molar-refractivity contribution in [2.75, 3.05) is 0 Å². The molecule has 0 radical (unpaired) electrons. The van der Waals surface area contributed by atoms with E-state index in [1.807, 2.05) is 39.0 Å². The van der Waals surface area contributed by atoms with E-state index < -0.39 is 6.10 Å². The molecule has 0 aromatic heterocycles. The number of carbonyl (C=O) groups is 1. The van der Waals surface area contributed by atoms with E-state index in [2.05, 4.69) is 35.1 Å². The smallest absolute Gasteiger partial charge is 0.261 e. The van der Waals surface area contributed by atoms with Crippen molar-refractivity contribution in [1.82, 2.24) is 5.32 Å². The third-order valence-corrected chi connectivity index (χ3v) is 3.26. The molecule has 20 heavy (non-hydrogen) atoms. The van der Waals surface area contributed by atoms with Gasteiger partial charge < -0.3 is 10.1 Å². The summed E-state index contributed by atoms with van der Waals surface area (Å²) >= 11 is 3.46. The van der Waals surface area contributed by atoms with Crippen LogP contribution in [0.15, 0.2) is 22.7 Å². The number of rotatable bonds is 4. The van der Waals surface area contributed by atoms with Crippen molar-refractivity contribution in [3.63, 3.8) is 0 Å². The predicted octanol–water partition coefficient (Wildman–Crippen LogP) is 4.25. The van der Waals surface area contributed by atoms with Crippen molar-refractivity contribution in [1.29, 1.82) is 0 Å². The number of amides is 1. The molecule has 0 aliphatic carbocycles. The van der Waals surface area contributed by atoms with E-state index in [4.69, 9.17) is 4.74 Å². The molecule has 0 heterocycles. The molecular weight excluding hydrogens is 318 g/mol. The van der Waals surface area contributed by atoms with E-state index in [9.17, 15) is 4.79 Å². The Hall–Kier alpha value is -1.03. The maximum atomic E-state index is 12.1. The van der Waals surface area contributed by atoms with Crippen molar-refractivity contribution in [3.05, 3.63) is 28.2 Å². The second-order valence-electron chi connectivity index (χ2n) is 6.34. The highest BCUT2D eigenvalue weighted by molar-refractivity contribution is 9.10. The number of hydrogen-bond donors (Lipinski definition) is 1. The zero-order valence-corrected chi connectivity index (χ0v) is 14.7. The van der Waals surface area contributed by atoms with Crippen LogP contribution in [0.4, 0.5) is 0 Å². The molecule has 1 aromatic rings. The molecule has 0 spiro atoms. The van der Waals surface area contributed by atoms with Crippen molar-refractivity contribution in [2.24, 2.45) is 0 Å². The lowest BCUT2D eigenvalue weighted by atomic mass is 10.0. The minimum atomic E-state index is -0.520. The van der Waals surface area contributed by atoms with Crippen LogP contribution >= 0.6 is 15.9 Å².